The lowest BCUT2D eigenvalue weighted by Gasteiger charge is -2.25. The molecule has 5 nitrogen and oxygen atoms in total. The number of carbonyl (C=O) groups excluding carboxylic acids is 1. The van der Waals surface area contributed by atoms with E-state index in [-0.39, 0.29) is 16.1 Å². The number of hydrogen-bond acceptors (Lipinski definition) is 4. The number of sulfonamides is 1. The highest BCUT2D eigenvalue weighted by atomic mass is 32.2. The Balaban J connectivity index is 2.30. The monoisotopic (exact) mass is 370 g/mol. The van der Waals surface area contributed by atoms with Crippen molar-refractivity contribution in [1.82, 2.24) is 4.31 Å². The summed E-state index contributed by atoms with van der Waals surface area (Å²) in [4.78, 5) is 13.0. The smallest absolute Gasteiger partial charge is 0.243 e. The number of rotatable bonds is 8. The van der Waals surface area contributed by atoms with Gasteiger partial charge in [0.1, 0.15) is 0 Å². The summed E-state index contributed by atoms with van der Waals surface area (Å²) in [5, 5.41) is 2.64. The van der Waals surface area contributed by atoms with Crippen molar-refractivity contribution < 1.29 is 13.2 Å². The predicted octanol–water partition coefficient (Wildman–Crippen LogP) is 3.71. The van der Waals surface area contributed by atoms with Crippen LogP contribution in [0.2, 0.25) is 0 Å². The third kappa shape index (κ3) is 4.32. The van der Waals surface area contributed by atoms with E-state index in [4.69, 9.17) is 0 Å². The maximum Gasteiger partial charge on any atom is 0.243 e. The molecule has 0 spiro atoms. The number of amides is 1. The van der Waals surface area contributed by atoms with Crippen LogP contribution in [-0.4, -0.2) is 37.0 Å². The lowest BCUT2D eigenvalue weighted by molar-refractivity contribution is -0.115. The molecule has 134 valence electrons. The van der Waals surface area contributed by atoms with Gasteiger partial charge in [0.05, 0.1) is 15.8 Å². The maximum absolute atomic E-state index is 13.0. The summed E-state index contributed by atoms with van der Waals surface area (Å²) in [6, 6.07) is 5.03. The number of thioether (sulfide) groups is 1. The van der Waals surface area contributed by atoms with E-state index in [1.54, 1.807) is 22.5 Å². The van der Waals surface area contributed by atoms with Gasteiger partial charge in [-0.1, -0.05) is 26.7 Å². The van der Waals surface area contributed by atoms with Crippen LogP contribution in [0.1, 0.15) is 46.5 Å². The van der Waals surface area contributed by atoms with E-state index in [1.807, 2.05) is 6.92 Å². The Bertz CT molecular complexity index is 681. The Kier molecular flexibility index (Phi) is 6.71. The molecule has 1 aliphatic rings. The van der Waals surface area contributed by atoms with Gasteiger partial charge in [-0.3, -0.25) is 4.79 Å². The van der Waals surface area contributed by atoms with Crippen molar-refractivity contribution in [3.8, 4) is 0 Å². The summed E-state index contributed by atoms with van der Waals surface area (Å²) in [5.74, 6) is -0.0872. The van der Waals surface area contributed by atoms with E-state index in [1.165, 1.54) is 11.8 Å². The summed E-state index contributed by atoms with van der Waals surface area (Å²) in [6.07, 6.45) is 3.59. The summed E-state index contributed by atoms with van der Waals surface area (Å²) in [6.45, 7) is 7.02. The molecule has 0 bridgehead atoms. The second-order valence-electron chi connectivity index (χ2n) is 6.02. The van der Waals surface area contributed by atoms with Gasteiger partial charge in [-0.05, 0) is 38.0 Å². The lowest BCUT2D eigenvalue weighted by Crippen LogP contribution is -2.33. The Labute approximate surface area is 149 Å². The van der Waals surface area contributed by atoms with Crippen molar-refractivity contribution in [2.45, 2.75) is 61.5 Å². The number of nitrogens with zero attached hydrogens (tertiary/aromatic N) is 1. The van der Waals surface area contributed by atoms with Crippen LogP contribution in [0.15, 0.2) is 28.0 Å². The van der Waals surface area contributed by atoms with Gasteiger partial charge in [-0.25, -0.2) is 8.42 Å². The minimum atomic E-state index is -3.54. The number of fused-ring (bicyclic) bond motifs is 1. The molecule has 1 heterocycles. The fourth-order valence-electron chi connectivity index (χ4n) is 2.52. The van der Waals surface area contributed by atoms with Crippen LogP contribution in [0.4, 0.5) is 5.69 Å². The highest BCUT2D eigenvalue weighted by Gasteiger charge is 2.28. The van der Waals surface area contributed by atoms with Gasteiger partial charge in [0, 0.05) is 18.0 Å². The average molecular weight is 371 g/mol. The molecule has 0 aliphatic carbocycles. The molecule has 7 heteroatoms. The number of carbonyl (C=O) groups is 1. The van der Waals surface area contributed by atoms with Crippen molar-refractivity contribution in [3.05, 3.63) is 18.2 Å². The number of hydrogen-bond donors (Lipinski definition) is 1. The van der Waals surface area contributed by atoms with Crippen molar-refractivity contribution in [1.29, 1.82) is 0 Å². The Morgan fingerprint density at radius 1 is 1.17 bits per heavy atom. The Morgan fingerprint density at radius 2 is 1.79 bits per heavy atom. The number of unbranched alkanes of at least 4 members (excludes halogenated alkanes) is 2. The van der Waals surface area contributed by atoms with Crippen LogP contribution in [0.3, 0.4) is 0 Å². The summed E-state index contributed by atoms with van der Waals surface area (Å²) < 4.78 is 27.5. The minimum Gasteiger partial charge on any atom is -0.324 e. The molecule has 1 amide bonds. The zero-order valence-corrected chi connectivity index (χ0v) is 16.2. The first-order chi connectivity index (χ1) is 11.4. The average Bonchev–Trinajstić information content (AvgIpc) is 2.55. The fraction of sp³-hybridized carbons (Fsp3) is 0.588. The zero-order chi connectivity index (χ0) is 17.7. The first-order valence-electron chi connectivity index (χ1n) is 8.51. The maximum atomic E-state index is 13.0. The van der Waals surface area contributed by atoms with E-state index in [0.717, 1.165) is 30.6 Å². The Morgan fingerprint density at radius 3 is 2.38 bits per heavy atom. The van der Waals surface area contributed by atoms with Gasteiger partial charge in [0.25, 0.3) is 0 Å². The highest BCUT2D eigenvalue weighted by molar-refractivity contribution is 8.01. The summed E-state index contributed by atoms with van der Waals surface area (Å²) in [7, 11) is -3.54. The largest absolute Gasteiger partial charge is 0.324 e. The van der Waals surface area contributed by atoms with Crippen LogP contribution >= 0.6 is 11.8 Å². The molecule has 1 aliphatic heterocycles. The van der Waals surface area contributed by atoms with Crippen LogP contribution in [-0.2, 0) is 14.8 Å². The third-order valence-corrected chi connectivity index (χ3v) is 7.11. The minimum absolute atomic E-state index is 0.0872. The molecule has 1 N–H and O–H groups in total. The van der Waals surface area contributed by atoms with E-state index in [9.17, 15) is 13.2 Å². The third-order valence-electron chi connectivity index (χ3n) is 4.04. The van der Waals surface area contributed by atoms with Gasteiger partial charge in [0.15, 0.2) is 0 Å². The molecular formula is C17H26N2O3S2. The highest BCUT2D eigenvalue weighted by Crippen LogP contribution is 2.37. The summed E-state index contributed by atoms with van der Waals surface area (Å²) >= 11 is 1.45. The van der Waals surface area contributed by atoms with Crippen molar-refractivity contribution in [2.24, 2.45) is 0 Å². The molecule has 2 rings (SSSR count). The quantitative estimate of drug-likeness (QED) is 0.757. The van der Waals surface area contributed by atoms with E-state index >= 15 is 0 Å². The first-order valence-corrected chi connectivity index (χ1v) is 10.8. The van der Waals surface area contributed by atoms with Crippen LogP contribution in [0.25, 0.3) is 0 Å². The standard InChI is InChI=1S/C17H26N2O3S2/c1-4-6-10-19(11-7-5-2)24(21,22)14-8-9-16-15(12-14)18-17(20)13(3)23-16/h8-9,12-13H,4-7,10-11H2,1-3H3,(H,18,20). The SMILES string of the molecule is CCCCN(CCCC)S(=O)(=O)c1ccc2c(c1)NC(=O)C(C)S2. The number of nitrogens with one attached hydrogen (secondary N) is 1. The van der Waals surface area contributed by atoms with Gasteiger partial charge in [-0.2, -0.15) is 4.31 Å². The second-order valence-corrected chi connectivity index (χ2v) is 9.34. The van der Waals surface area contributed by atoms with E-state index in [0.29, 0.717) is 18.8 Å². The topological polar surface area (TPSA) is 66.5 Å². The van der Waals surface area contributed by atoms with E-state index in [2.05, 4.69) is 19.2 Å². The van der Waals surface area contributed by atoms with Crippen LogP contribution in [0.5, 0.6) is 0 Å². The molecular weight excluding hydrogens is 344 g/mol. The second kappa shape index (κ2) is 8.36. The molecule has 0 saturated carbocycles. The van der Waals surface area contributed by atoms with Gasteiger partial charge < -0.3 is 5.32 Å². The van der Waals surface area contributed by atoms with Crippen LogP contribution in [0, 0.1) is 0 Å². The molecule has 24 heavy (non-hydrogen) atoms. The Hall–Kier alpha value is -1.05. The van der Waals surface area contributed by atoms with Crippen molar-refractivity contribution >= 4 is 33.4 Å². The lowest BCUT2D eigenvalue weighted by atomic mass is 10.3. The van der Waals surface area contributed by atoms with Gasteiger partial charge in [-0.15, -0.1) is 11.8 Å². The van der Waals surface area contributed by atoms with Crippen LogP contribution < -0.4 is 5.32 Å². The molecule has 0 radical (unpaired) electrons. The fourth-order valence-corrected chi connectivity index (χ4v) is 4.99. The van der Waals surface area contributed by atoms with Crippen molar-refractivity contribution in [3.63, 3.8) is 0 Å². The van der Waals surface area contributed by atoms with E-state index < -0.39 is 10.0 Å². The predicted molar refractivity (Wildman–Crippen MR) is 99.0 cm³/mol. The number of anilines is 1. The molecule has 1 aromatic carbocycles. The number of benzene rings is 1. The van der Waals surface area contributed by atoms with Crippen molar-refractivity contribution in [2.75, 3.05) is 18.4 Å². The molecule has 1 aromatic rings. The molecule has 0 saturated heterocycles. The zero-order valence-electron chi connectivity index (χ0n) is 14.5. The first kappa shape index (κ1) is 19.3. The molecule has 0 aromatic heterocycles. The van der Waals surface area contributed by atoms with Gasteiger partial charge >= 0.3 is 0 Å². The summed E-state index contributed by atoms with van der Waals surface area (Å²) in [5.41, 5.74) is 0.593. The molecule has 1 atom stereocenters. The normalized spacial score (nSPS) is 17.7. The molecule has 1 unspecified atom stereocenters. The van der Waals surface area contributed by atoms with Gasteiger partial charge in [0.2, 0.25) is 15.9 Å². The molecule has 0 fully saturated rings.